The van der Waals surface area contributed by atoms with Crippen LogP contribution >= 0.6 is 0 Å². The van der Waals surface area contributed by atoms with Crippen molar-refractivity contribution in [1.82, 2.24) is 0 Å². The number of aliphatic hydroxyl groups is 1. The van der Waals surface area contributed by atoms with Gasteiger partial charge in [0.1, 0.15) is 0 Å². The molecule has 0 aromatic rings. The highest BCUT2D eigenvalue weighted by Gasteiger charge is 2.57. The zero-order valence-corrected chi connectivity index (χ0v) is 11.0. The quantitative estimate of drug-likeness (QED) is 0.764. The molecule has 0 spiro atoms. The lowest BCUT2D eigenvalue weighted by atomic mass is 9.68. The largest absolute Gasteiger partial charge is 0.417 e. The summed E-state index contributed by atoms with van der Waals surface area (Å²) >= 11 is 0. The summed E-state index contributed by atoms with van der Waals surface area (Å²) in [5.74, 6) is 0. The Balaban J connectivity index is 2.87. The molecule has 1 rings (SSSR count). The molecule has 1 saturated carbocycles. The lowest BCUT2D eigenvalue weighted by molar-refractivity contribution is -0.275. The minimum Gasteiger partial charge on any atom is -0.380 e. The van der Waals surface area contributed by atoms with E-state index in [1.54, 1.807) is 0 Å². The second kappa shape index (κ2) is 4.35. The molecule has 1 unspecified atom stereocenters. The Labute approximate surface area is 104 Å². The maximum absolute atomic E-state index is 12.6. The van der Waals surface area contributed by atoms with Crippen LogP contribution in [0.4, 0.5) is 13.2 Å². The van der Waals surface area contributed by atoms with Crippen molar-refractivity contribution in [2.75, 3.05) is 0 Å². The number of halogens is 3. The average Bonchev–Trinajstić information content (AvgIpc) is 2.19. The predicted octanol–water partition coefficient (Wildman–Crippen LogP) is 2.14. The van der Waals surface area contributed by atoms with Crippen molar-refractivity contribution in [1.29, 1.82) is 0 Å². The summed E-state index contributed by atoms with van der Waals surface area (Å²) in [7, 11) is -4.30. The molecule has 0 aromatic carbocycles. The Morgan fingerprint density at radius 3 is 1.83 bits per heavy atom. The van der Waals surface area contributed by atoms with E-state index in [1.165, 1.54) is 13.8 Å². The van der Waals surface area contributed by atoms with Gasteiger partial charge >= 0.3 is 6.18 Å². The summed E-state index contributed by atoms with van der Waals surface area (Å²) in [6.07, 6.45) is -6.02. The summed E-state index contributed by atoms with van der Waals surface area (Å²) in [5, 5.41) is 8.34. The molecule has 8 heteroatoms. The van der Waals surface area contributed by atoms with E-state index < -0.39 is 45.4 Å². The first-order valence-corrected chi connectivity index (χ1v) is 7.08. The van der Waals surface area contributed by atoms with Crippen molar-refractivity contribution in [2.45, 2.75) is 56.6 Å². The Morgan fingerprint density at radius 2 is 1.56 bits per heavy atom. The summed E-state index contributed by atoms with van der Waals surface area (Å²) < 4.78 is 68.9. The lowest BCUT2D eigenvalue weighted by Gasteiger charge is -2.44. The zero-order chi connectivity index (χ0) is 14.4. The number of rotatable bonds is 2. The van der Waals surface area contributed by atoms with Crippen LogP contribution in [0, 0.1) is 5.41 Å². The highest BCUT2D eigenvalue weighted by atomic mass is 32.2. The Morgan fingerprint density at radius 1 is 1.17 bits per heavy atom. The molecule has 0 saturated heterocycles. The van der Waals surface area contributed by atoms with Crippen molar-refractivity contribution in [3.63, 3.8) is 0 Å². The van der Waals surface area contributed by atoms with Gasteiger partial charge in [-0.25, -0.2) is 0 Å². The summed E-state index contributed by atoms with van der Waals surface area (Å²) in [6.45, 7) is 2.79. The maximum atomic E-state index is 12.6. The highest BCUT2D eigenvalue weighted by molar-refractivity contribution is 7.86. The van der Waals surface area contributed by atoms with E-state index in [2.05, 4.69) is 0 Å². The Hall–Kier alpha value is -0.340. The molecule has 108 valence electrons. The minimum absolute atomic E-state index is 0.107. The second-order valence-corrected chi connectivity index (χ2v) is 7.08. The summed E-state index contributed by atoms with van der Waals surface area (Å²) in [6, 6.07) is 0. The lowest BCUT2D eigenvalue weighted by Crippen LogP contribution is -2.52. The average molecular weight is 290 g/mol. The van der Waals surface area contributed by atoms with Crippen molar-refractivity contribution < 1.29 is 31.2 Å². The van der Waals surface area contributed by atoms with Crippen molar-refractivity contribution in [2.24, 2.45) is 5.41 Å². The van der Waals surface area contributed by atoms with Gasteiger partial charge in [-0.3, -0.25) is 4.55 Å². The van der Waals surface area contributed by atoms with Crippen LogP contribution in [-0.2, 0) is 10.1 Å². The Bertz CT molecular complexity index is 407. The van der Waals surface area contributed by atoms with Crippen LogP contribution in [0.25, 0.3) is 0 Å². The van der Waals surface area contributed by atoms with Gasteiger partial charge in [0.05, 0.1) is 5.25 Å². The molecule has 0 radical (unpaired) electrons. The number of hydrogen-bond donors (Lipinski definition) is 2. The van der Waals surface area contributed by atoms with E-state index in [4.69, 9.17) is 4.55 Å². The third-order valence-electron chi connectivity index (χ3n) is 4.18. The van der Waals surface area contributed by atoms with Crippen LogP contribution in [0.15, 0.2) is 0 Å². The zero-order valence-electron chi connectivity index (χ0n) is 10.2. The van der Waals surface area contributed by atoms with E-state index >= 15 is 0 Å². The van der Waals surface area contributed by atoms with Gasteiger partial charge in [-0.15, -0.1) is 0 Å². The monoisotopic (exact) mass is 290 g/mol. The molecular weight excluding hydrogens is 273 g/mol. The molecule has 0 amide bonds. The SMILES string of the molecule is CC(C1(C)CCC(O)(C(F)(F)F)CC1)S(=O)(=O)O. The molecule has 1 atom stereocenters. The van der Waals surface area contributed by atoms with Gasteiger partial charge in [-0.2, -0.15) is 21.6 Å². The molecule has 18 heavy (non-hydrogen) atoms. The highest BCUT2D eigenvalue weighted by Crippen LogP contribution is 2.49. The van der Waals surface area contributed by atoms with E-state index in [0.717, 1.165) is 0 Å². The van der Waals surface area contributed by atoms with Crippen molar-refractivity contribution in [3.8, 4) is 0 Å². The molecule has 1 aliphatic carbocycles. The van der Waals surface area contributed by atoms with Crippen LogP contribution in [0.2, 0.25) is 0 Å². The summed E-state index contributed by atoms with van der Waals surface area (Å²) in [5.41, 5.74) is -3.70. The third-order valence-corrected chi connectivity index (χ3v) is 5.64. The standard InChI is InChI=1S/C10H17F3O4S/c1-7(18(15,16)17)8(2)3-5-9(14,6-4-8)10(11,12)13/h7,14H,3-6H2,1-2H3,(H,15,16,17). The van der Waals surface area contributed by atoms with Crippen LogP contribution in [0.3, 0.4) is 0 Å². The first-order valence-electron chi connectivity index (χ1n) is 5.57. The van der Waals surface area contributed by atoms with Gasteiger partial charge in [0.25, 0.3) is 10.1 Å². The molecular formula is C10H17F3O4S. The number of alkyl halides is 3. The van der Waals surface area contributed by atoms with Crippen LogP contribution in [-0.4, -0.2) is 35.1 Å². The van der Waals surface area contributed by atoms with Crippen LogP contribution < -0.4 is 0 Å². The molecule has 0 aromatic heterocycles. The molecule has 1 fully saturated rings. The van der Waals surface area contributed by atoms with Gasteiger partial charge in [0.15, 0.2) is 5.60 Å². The predicted molar refractivity (Wildman–Crippen MR) is 58.6 cm³/mol. The molecule has 1 aliphatic rings. The van der Waals surface area contributed by atoms with Gasteiger partial charge in [-0.1, -0.05) is 6.92 Å². The molecule has 2 N–H and O–H groups in total. The van der Waals surface area contributed by atoms with Gasteiger partial charge < -0.3 is 5.11 Å². The van der Waals surface area contributed by atoms with Crippen LogP contribution in [0.5, 0.6) is 0 Å². The fourth-order valence-electron chi connectivity index (χ4n) is 2.28. The molecule has 0 aliphatic heterocycles. The topological polar surface area (TPSA) is 74.6 Å². The maximum Gasteiger partial charge on any atom is 0.417 e. The first-order chi connectivity index (χ1) is 7.82. The normalized spacial score (nSPS) is 36.4. The van der Waals surface area contributed by atoms with E-state index in [1.807, 2.05) is 0 Å². The molecule has 4 nitrogen and oxygen atoms in total. The van der Waals surface area contributed by atoms with E-state index in [-0.39, 0.29) is 12.8 Å². The number of hydrogen-bond acceptors (Lipinski definition) is 3. The fourth-order valence-corrected chi connectivity index (χ4v) is 3.24. The van der Waals surface area contributed by atoms with E-state index in [9.17, 15) is 26.7 Å². The van der Waals surface area contributed by atoms with Crippen molar-refractivity contribution in [3.05, 3.63) is 0 Å². The van der Waals surface area contributed by atoms with Gasteiger partial charge in [0.2, 0.25) is 0 Å². The minimum atomic E-state index is -4.71. The summed E-state index contributed by atoms with van der Waals surface area (Å²) in [4.78, 5) is 0. The molecule has 0 heterocycles. The van der Waals surface area contributed by atoms with E-state index in [0.29, 0.717) is 0 Å². The van der Waals surface area contributed by atoms with Gasteiger partial charge in [-0.05, 0) is 38.0 Å². The first kappa shape index (κ1) is 15.7. The molecule has 0 bridgehead atoms. The third kappa shape index (κ3) is 2.80. The Kier molecular flexibility index (Phi) is 3.79. The van der Waals surface area contributed by atoms with Crippen LogP contribution in [0.1, 0.15) is 39.5 Å². The van der Waals surface area contributed by atoms with Crippen molar-refractivity contribution >= 4 is 10.1 Å². The second-order valence-electron chi connectivity index (χ2n) is 5.34. The van der Waals surface area contributed by atoms with Gasteiger partial charge in [0, 0.05) is 0 Å². The smallest absolute Gasteiger partial charge is 0.380 e. The fraction of sp³-hybridized carbons (Fsp3) is 1.00.